The normalized spacial score (nSPS) is 12.1. The Labute approximate surface area is 124 Å². The van der Waals surface area contributed by atoms with Gasteiger partial charge in [0.05, 0.1) is 0 Å². The zero-order valence-electron chi connectivity index (χ0n) is 9.35. The lowest BCUT2D eigenvalue weighted by Crippen LogP contribution is -2.09. The topological polar surface area (TPSA) is 17.1 Å². The van der Waals surface area contributed by atoms with Crippen molar-refractivity contribution in [1.82, 2.24) is 0 Å². The van der Waals surface area contributed by atoms with Gasteiger partial charge in [0.1, 0.15) is 4.16 Å². The van der Waals surface area contributed by atoms with E-state index < -0.39 is 0 Å². The highest BCUT2D eigenvalue weighted by Crippen LogP contribution is 2.30. The van der Waals surface area contributed by atoms with Crippen LogP contribution in [0.25, 0.3) is 0 Å². The summed E-state index contributed by atoms with van der Waals surface area (Å²) >= 11 is 10.7. The first-order valence-corrected chi connectivity index (χ1v) is 7.50. The molecule has 0 unspecified atom stereocenters. The van der Waals surface area contributed by atoms with E-state index in [1.807, 2.05) is 54.6 Å². The molecule has 2 aromatic rings. The van der Waals surface area contributed by atoms with Gasteiger partial charge in [-0.25, -0.2) is 0 Å². The van der Waals surface area contributed by atoms with Crippen LogP contribution < -0.4 is 0 Å². The summed E-state index contributed by atoms with van der Waals surface area (Å²) in [4.78, 5) is 13.1. The van der Waals surface area contributed by atoms with E-state index in [1.54, 1.807) is 0 Å². The molecule has 0 spiro atoms. The third kappa shape index (κ3) is 3.61. The quantitative estimate of drug-likeness (QED) is 0.440. The maximum Gasteiger partial charge on any atom is 0.186 e. The average Bonchev–Trinajstić information content (AvgIpc) is 2.41. The number of benzene rings is 2. The maximum absolute atomic E-state index is 12.1. The van der Waals surface area contributed by atoms with Crippen LogP contribution in [0.3, 0.4) is 0 Å². The van der Waals surface area contributed by atoms with Crippen molar-refractivity contribution in [3.05, 3.63) is 65.2 Å². The van der Waals surface area contributed by atoms with Crippen molar-refractivity contribution in [2.75, 3.05) is 0 Å². The number of carbonyl (C=O) groups is 1. The minimum atomic E-state index is -0.291. The second-order valence-corrected chi connectivity index (χ2v) is 6.75. The molecule has 0 aliphatic heterocycles. The number of Topliss-reactive ketones (excluding diaryl/α,β-unsaturated/α-hetero) is 1. The lowest BCUT2D eigenvalue weighted by Gasteiger charge is -2.08. The third-order valence-corrected chi connectivity index (χ3v) is 4.51. The van der Waals surface area contributed by atoms with E-state index in [0.29, 0.717) is 10.6 Å². The van der Waals surface area contributed by atoms with Gasteiger partial charge in [-0.2, -0.15) is 0 Å². The molecular formula is C14H10BrClOS. The molecule has 92 valence electrons. The monoisotopic (exact) mass is 340 g/mol. The Morgan fingerprint density at radius 1 is 1.06 bits per heavy atom. The van der Waals surface area contributed by atoms with Crippen LogP contribution in [0, 0.1) is 0 Å². The van der Waals surface area contributed by atoms with Gasteiger partial charge in [-0.15, -0.1) is 11.8 Å². The highest BCUT2D eigenvalue weighted by Gasteiger charge is 2.17. The van der Waals surface area contributed by atoms with Gasteiger partial charge in [0.2, 0.25) is 0 Å². The molecule has 0 bridgehead atoms. The fraction of sp³-hybridized carbons (Fsp3) is 0.0714. The van der Waals surface area contributed by atoms with Gasteiger partial charge in [0.15, 0.2) is 5.78 Å². The smallest absolute Gasteiger partial charge is 0.186 e. The number of rotatable bonds is 4. The minimum Gasteiger partial charge on any atom is -0.292 e. The number of carbonyl (C=O) groups excluding carboxylic acids is 1. The molecular weight excluding hydrogens is 332 g/mol. The second-order valence-electron chi connectivity index (χ2n) is 3.62. The van der Waals surface area contributed by atoms with E-state index in [-0.39, 0.29) is 9.94 Å². The number of halogens is 2. The molecule has 0 N–H and O–H groups in total. The van der Waals surface area contributed by atoms with Crippen molar-refractivity contribution in [3.8, 4) is 0 Å². The summed E-state index contributed by atoms with van der Waals surface area (Å²) in [5.74, 6) is 0.0653. The number of hydrogen-bond donors (Lipinski definition) is 0. The largest absolute Gasteiger partial charge is 0.292 e. The van der Waals surface area contributed by atoms with Crippen LogP contribution in [0.2, 0.25) is 5.02 Å². The Bertz CT molecular complexity index is 527. The Morgan fingerprint density at radius 3 is 2.28 bits per heavy atom. The molecule has 0 aromatic heterocycles. The predicted octanol–water partition coefficient (Wildman–Crippen LogP) is 5.04. The first-order valence-electron chi connectivity index (χ1n) is 5.32. The first-order chi connectivity index (χ1) is 8.66. The summed E-state index contributed by atoms with van der Waals surface area (Å²) in [6.07, 6.45) is 0. The first kappa shape index (κ1) is 13.7. The summed E-state index contributed by atoms with van der Waals surface area (Å²) in [7, 11) is 0. The number of thioether (sulfide) groups is 1. The zero-order valence-corrected chi connectivity index (χ0v) is 12.5. The Kier molecular flexibility index (Phi) is 4.87. The van der Waals surface area contributed by atoms with Gasteiger partial charge in [0, 0.05) is 15.5 Å². The molecule has 0 aliphatic rings. The van der Waals surface area contributed by atoms with Crippen LogP contribution in [0.5, 0.6) is 0 Å². The van der Waals surface area contributed by atoms with E-state index in [0.717, 1.165) is 4.90 Å². The average molecular weight is 342 g/mol. The van der Waals surface area contributed by atoms with Gasteiger partial charge in [-0.05, 0) is 24.3 Å². The zero-order chi connectivity index (χ0) is 13.0. The van der Waals surface area contributed by atoms with E-state index >= 15 is 0 Å². The summed E-state index contributed by atoms with van der Waals surface area (Å²) in [6, 6.07) is 16.7. The fourth-order valence-electron chi connectivity index (χ4n) is 1.42. The molecule has 0 radical (unpaired) electrons. The molecule has 0 saturated carbocycles. The van der Waals surface area contributed by atoms with Crippen LogP contribution >= 0.6 is 39.3 Å². The predicted molar refractivity (Wildman–Crippen MR) is 80.8 cm³/mol. The summed E-state index contributed by atoms with van der Waals surface area (Å²) in [5.41, 5.74) is 0.709. The van der Waals surface area contributed by atoms with Crippen LogP contribution in [-0.2, 0) is 0 Å². The third-order valence-electron chi connectivity index (χ3n) is 2.32. The van der Waals surface area contributed by atoms with Gasteiger partial charge in [0.25, 0.3) is 0 Å². The standard InChI is InChI=1S/C14H10BrClOS/c15-14(13(17)10-4-2-1-3-5-10)18-12-8-6-11(16)7-9-12/h1-9,14H/t14-/m0/s1. The van der Waals surface area contributed by atoms with Crippen molar-refractivity contribution < 1.29 is 4.79 Å². The molecule has 1 atom stereocenters. The Morgan fingerprint density at radius 2 is 1.67 bits per heavy atom. The highest BCUT2D eigenvalue weighted by molar-refractivity contribution is 9.11. The van der Waals surface area contributed by atoms with Crippen molar-refractivity contribution in [1.29, 1.82) is 0 Å². The van der Waals surface area contributed by atoms with Crippen LogP contribution in [-0.4, -0.2) is 9.94 Å². The van der Waals surface area contributed by atoms with Gasteiger partial charge in [-0.1, -0.05) is 57.9 Å². The number of ketones is 1. The molecule has 4 heteroatoms. The van der Waals surface area contributed by atoms with Crippen molar-refractivity contribution in [2.24, 2.45) is 0 Å². The van der Waals surface area contributed by atoms with E-state index in [1.165, 1.54) is 11.8 Å². The Hall–Kier alpha value is -0.770. The highest BCUT2D eigenvalue weighted by atomic mass is 79.9. The molecule has 2 rings (SSSR count). The second kappa shape index (κ2) is 6.41. The molecule has 2 aromatic carbocycles. The van der Waals surface area contributed by atoms with Gasteiger partial charge < -0.3 is 0 Å². The molecule has 0 fully saturated rings. The number of alkyl halides is 1. The molecule has 0 amide bonds. The van der Waals surface area contributed by atoms with Crippen LogP contribution in [0.1, 0.15) is 10.4 Å². The SMILES string of the molecule is O=C(c1ccccc1)[C@@H](Br)Sc1ccc(Cl)cc1. The lowest BCUT2D eigenvalue weighted by molar-refractivity contribution is 0.101. The molecule has 0 aliphatic carbocycles. The summed E-state index contributed by atoms with van der Waals surface area (Å²) in [6.45, 7) is 0. The van der Waals surface area contributed by atoms with Gasteiger partial charge >= 0.3 is 0 Å². The fourth-order valence-corrected chi connectivity index (χ4v) is 3.23. The minimum absolute atomic E-state index is 0.0653. The van der Waals surface area contributed by atoms with E-state index in [2.05, 4.69) is 15.9 Å². The summed E-state index contributed by atoms with van der Waals surface area (Å²) in [5, 5.41) is 0.694. The molecule has 18 heavy (non-hydrogen) atoms. The van der Waals surface area contributed by atoms with Crippen LogP contribution in [0.15, 0.2) is 59.5 Å². The van der Waals surface area contributed by atoms with Gasteiger partial charge in [-0.3, -0.25) is 4.79 Å². The molecule has 0 saturated heterocycles. The maximum atomic E-state index is 12.1. The number of hydrogen-bond acceptors (Lipinski definition) is 2. The van der Waals surface area contributed by atoms with Crippen molar-refractivity contribution in [2.45, 2.75) is 9.05 Å². The lowest BCUT2D eigenvalue weighted by atomic mass is 10.2. The van der Waals surface area contributed by atoms with Crippen molar-refractivity contribution >= 4 is 45.1 Å². The summed E-state index contributed by atoms with van der Waals surface area (Å²) < 4.78 is -0.291. The Balaban J connectivity index is 2.06. The molecule has 0 heterocycles. The molecule has 1 nitrogen and oxygen atoms in total. The van der Waals surface area contributed by atoms with E-state index in [9.17, 15) is 4.79 Å². The van der Waals surface area contributed by atoms with Crippen LogP contribution in [0.4, 0.5) is 0 Å². The van der Waals surface area contributed by atoms with E-state index in [4.69, 9.17) is 11.6 Å². The van der Waals surface area contributed by atoms with Crippen molar-refractivity contribution in [3.63, 3.8) is 0 Å².